The maximum Gasteiger partial charge on any atom is 0.316 e. The highest BCUT2D eigenvalue weighted by Crippen LogP contribution is 2.42. The van der Waals surface area contributed by atoms with Gasteiger partial charge in [0, 0.05) is 30.4 Å². The molecule has 2 aliphatic rings. The van der Waals surface area contributed by atoms with Crippen molar-refractivity contribution >= 4 is 17.5 Å². The van der Waals surface area contributed by atoms with Crippen molar-refractivity contribution in [2.75, 3.05) is 21.2 Å². The van der Waals surface area contributed by atoms with Gasteiger partial charge in [0.15, 0.2) is 17.9 Å². The molecule has 2 aliphatic heterocycles. The number of cyclic esters (lactones) is 1. The molecule has 0 amide bonds. The monoisotopic (exact) mass is 565 g/mol. The number of ketones is 2. The van der Waals surface area contributed by atoms with Crippen LogP contribution >= 0.6 is 0 Å². The lowest BCUT2D eigenvalue weighted by atomic mass is 9.70. The lowest BCUT2D eigenvalue weighted by Crippen LogP contribution is -2.57. The molecule has 0 aromatic rings. The van der Waals surface area contributed by atoms with E-state index < -0.39 is 47.1 Å². The molecular weight excluding hydrogens is 510 g/mol. The second kappa shape index (κ2) is 13.1. The van der Waals surface area contributed by atoms with Gasteiger partial charge in [0.25, 0.3) is 0 Å². The van der Waals surface area contributed by atoms with Gasteiger partial charge in [-0.15, -0.1) is 0 Å². The highest BCUT2D eigenvalue weighted by Gasteiger charge is 2.48. The van der Waals surface area contributed by atoms with Gasteiger partial charge in [-0.3, -0.25) is 14.4 Å². The van der Waals surface area contributed by atoms with Crippen molar-refractivity contribution in [2.45, 2.75) is 126 Å². The fraction of sp³-hybridized carbons (Fsp3) is 0.844. The van der Waals surface area contributed by atoms with Crippen LogP contribution in [0.1, 0.15) is 89.0 Å². The van der Waals surface area contributed by atoms with Crippen LogP contribution in [0.2, 0.25) is 0 Å². The highest BCUT2D eigenvalue weighted by atomic mass is 16.7. The molecule has 1 saturated heterocycles. The molecule has 2 rings (SSSR count). The summed E-state index contributed by atoms with van der Waals surface area (Å²) in [5.74, 6) is -2.73. The Hall–Kier alpha value is -1.61. The van der Waals surface area contributed by atoms with E-state index in [0.29, 0.717) is 12.0 Å². The Morgan fingerprint density at radius 1 is 0.950 bits per heavy atom. The van der Waals surface area contributed by atoms with Crippen LogP contribution in [-0.2, 0) is 33.3 Å². The molecule has 0 aromatic carbocycles. The summed E-state index contributed by atoms with van der Waals surface area (Å²) in [4.78, 5) is 42.9. The number of ether oxygens (including phenoxy) is 4. The van der Waals surface area contributed by atoms with Crippen molar-refractivity contribution in [3.63, 3.8) is 0 Å². The number of carbonyl (C=O) groups excluding carboxylic acids is 3. The van der Waals surface area contributed by atoms with E-state index in [1.807, 2.05) is 76.4 Å². The van der Waals surface area contributed by atoms with Crippen LogP contribution in [0.15, 0.2) is 11.1 Å². The average Bonchev–Trinajstić information content (AvgIpc) is 2.87. The van der Waals surface area contributed by atoms with E-state index in [1.165, 1.54) is 0 Å². The molecule has 40 heavy (non-hydrogen) atoms. The topological polar surface area (TPSA) is 91.4 Å². The second-order valence-electron chi connectivity index (χ2n) is 13.8. The summed E-state index contributed by atoms with van der Waals surface area (Å²) in [6.07, 6.45) is -1.09. The second-order valence-corrected chi connectivity index (χ2v) is 13.8. The molecule has 8 nitrogen and oxygen atoms in total. The zero-order valence-corrected chi connectivity index (χ0v) is 27.4. The molecule has 230 valence electrons. The molecule has 0 N–H and O–H groups in total. The van der Waals surface area contributed by atoms with Gasteiger partial charge in [0.2, 0.25) is 0 Å². The van der Waals surface area contributed by atoms with Crippen LogP contribution in [0.25, 0.3) is 0 Å². The average molecular weight is 566 g/mol. The van der Waals surface area contributed by atoms with Crippen molar-refractivity contribution < 1.29 is 33.3 Å². The number of esters is 1. The third kappa shape index (κ3) is 7.23. The number of hydrogen-bond donors (Lipinski definition) is 0. The first kappa shape index (κ1) is 34.6. The van der Waals surface area contributed by atoms with Crippen LogP contribution in [-0.4, -0.2) is 80.4 Å². The van der Waals surface area contributed by atoms with Crippen molar-refractivity contribution in [1.29, 1.82) is 0 Å². The predicted octanol–water partition coefficient (Wildman–Crippen LogP) is 5.22. The molecule has 0 saturated carbocycles. The largest absolute Gasteiger partial charge is 0.461 e. The summed E-state index contributed by atoms with van der Waals surface area (Å²) in [5, 5.41) is 0. The number of hydrogen-bond acceptors (Lipinski definition) is 8. The van der Waals surface area contributed by atoms with Gasteiger partial charge in [0.05, 0.1) is 12.2 Å². The fourth-order valence-corrected chi connectivity index (χ4v) is 6.45. The van der Waals surface area contributed by atoms with Gasteiger partial charge in [-0.25, -0.2) is 0 Å². The number of methoxy groups -OCH3 is 1. The van der Waals surface area contributed by atoms with E-state index in [0.717, 1.165) is 12.0 Å². The van der Waals surface area contributed by atoms with E-state index in [-0.39, 0.29) is 35.7 Å². The Morgan fingerprint density at radius 3 is 2.05 bits per heavy atom. The Morgan fingerprint density at radius 2 is 1.52 bits per heavy atom. The van der Waals surface area contributed by atoms with Crippen LogP contribution in [0.4, 0.5) is 0 Å². The third-order valence-electron chi connectivity index (χ3n) is 9.74. The molecule has 9 atom stereocenters. The lowest BCUT2D eigenvalue weighted by molar-refractivity contribution is -0.289. The van der Waals surface area contributed by atoms with E-state index in [2.05, 4.69) is 4.90 Å². The summed E-state index contributed by atoms with van der Waals surface area (Å²) >= 11 is 0. The third-order valence-corrected chi connectivity index (χ3v) is 9.74. The molecule has 5 unspecified atom stereocenters. The smallest absolute Gasteiger partial charge is 0.316 e. The van der Waals surface area contributed by atoms with E-state index in [1.54, 1.807) is 21.0 Å². The molecule has 0 radical (unpaired) electrons. The highest BCUT2D eigenvalue weighted by molar-refractivity contribution is 6.00. The number of likely N-dealkylation sites (N-methyl/N-ethyl adjacent to an activating group) is 1. The molecule has 8 heteroatoms. The summed E-state index contributed by atoms with van der Waals surface area (Å²) in [7, 11) is 5.65. The summed E-state index contributed by atoms with van der Waals surface area (Å²) < 4.78 is 24.8. The molecular formula is C32H55NO7. The van der Waals surface area contributed by atoms with Crippen molar-refractivity contribution in [3.8, 4) is 0 Å². The van der Waals surface area contributed by atoms with Gasteiger partial charge in [-0.1, -0.05) is 47.1 Å². The normalized spacial score (nSPS) is 40.1. The van der Waals surface area contributed by atoms with Crippen LogP contribution in [0.3, 0.4) is 0 Å². The van der Waals surface area contributed by atoms with E-state index in [9.17, 15) is 14.4 Å². The summed E-state index contributed by atoms with van der Waals surface area (Å²) in [6, 6.07) is 0.0568. The molecule has 1 fully saturated rings. The zero-order chi connectivity index (χ0) is 30.9. The Labute approximate surface area is 242 Å². The summed E-state index contributed by atoms with van der Waals surface area (Å²) in [5.41, 5.74) is 0.356. The maximum absolute atomic E-state index is 13.8. The minimum absolute atomic E-state index is 0.0466. The number of allylic oxidation sites excluding steroid dienone is 1. The van der Waals surface area contributed by atoms with E-state index in [4.69, 9.17) is 18.9 Å². The first-order chi connectivity index (χ1) is 18.3. The molecule has 0 aromatic heterocycles. The Kier molecular flexibility index (Phi) is 11.4. The van der Waals surface area contributed by atoms with Gasteiger partial charge in [-0.05, 0) is 72.5 Å². The number of nitrogens with zero attached hydrogens (tertiary/aromatic N) is 1. The van der Waals surface area contributed by atoms with Crippen LogP contribution in [0.5, 0.6) is 0 Å². The lowest BCUT2D eigenvalue weighted by Gasteiger charge is -2.47. The number of Topliss-reactive ketones (excluding diaryl/α,β-unsaturated/α-hetero) is 2. The quantitative estimate of drug-likeness (QED) is 0.338. The van der Waals surface area contributed by atoms with Crippen molar-refractivity contribution in [1.82, 2.24) is 4.90 Å². The fourth-order valence-electron chi connectivity index (χ4n) is 6.45. The minimum Gasteiger partial charge on any atom is -0.461 e. The van der Waals surface area contributed by atoms with Gasteiger partial charge >= 0.3 is 5.97 Å². The Balaban J connectivity index is 2.61. The van der Waals surface area contributed by atoms with Gasteiger partial charge in [-0.2, -0.15) is 0 Å². The zero-order valence-electron chi connectivity index (χ0n) is 27.4. The standard InChI is InChI=1S/C32H55NO7/c1-17-16-31(8,9)28(40-30-27(37-14)24(33(12)13)15-18(2)38-30)20(4)26(35)21(5)29(36)39-23(7)32(10,11)22(6)19(3)25(17)34/h17-18,20-21,23-24,27-28,30H,15-16H2,1-14H3/b22-19+/t17?,18-,20+,21-,23-,24?,27?,28?,30?/m1/s1. The molecule has 0 spiro atoms. The van der Waals surface area contributed by atoms with Gasteiger partial charge < -0.3 is 23.8 Å². The SMILES string of the molecule is COC1C(OC2[C@@H](C)C(=O)[C@@H](C)C(=O)O[C@H](C)C(C)(C)/C(C)=C(\C)C(=O)C(C)CC2(C)C)O[C@H](C)CC1N(C)C. The van der Waals surface area contributed by atoms with Crippen LogP contribution in [0, 0.1) is 28.6 Å². The Bertz CT molecular complexity index is 968. The minimum atomic E-state index is -0.971. The predicted molar refractivity (Wildman–Crippen MR) is 156 cm³/mol. The van der Waals surface area contributed by atoms with Crippen LogP contribution < -0.4 is 0 Å². The number of carbonyl (C=O) groups is 3. The number of rotatable bonds is 4. The molecule has 0 aliphatic carbocycles. The van der Waals surface area contributed by atoms with Crippen molar-refractivity contribution in [3.05, 3.63) is 11.1 Å². The maximum atomic E-state index is 13.8. The van der Waals surface area contributed by atoms with E-state index >= 15 is 0 Å². The van der Waals surface area contributed by atoms with Gasteiger partial charge in [0.1, 0.15) is 18.1 Å². The summed E-state index contributed by atoms with van der Waals surface area (Å²) in [6.45, 7) is 20.9. The molecule has 2 heterocycles. The molecule has 0 bridgehead atoms. The first-order valence-electron chi connectivity index (χ1n) is 14.7. The first-order valence-corrected chi connectivity index (χ1v) is 14.7. The van der Waals surface area contributed by atoms with Crippen molar-refractivity contribution in [2.24, 2.45) is 28.6 Å².